The normalized spacial score (nSPS) is 10.7. The van der Waals surface area contributed by atoms with Gasteiger partial charge in [0.15, 0.2) is 0 Å². The van der Waals surface area contributed by atoms with Crippen LogP contribution in [0.4, 0.5) is 5.69 Å². The highest BCUT2D eigenvalue weighted by molar-refractivity contribution is 9.11. The number of carbonyl (C=O) groups is 1. The number of anilines is 1. The Labute approximate surface area is 153 Å². The van der Waals surface area contributed by atoms with E-state index < -0.39 is 0 Å². The number of pyridine rings is 1. The average molecular weight is 491 g/mol. The van der Waals surface area contributed by atoms with Gasteiger partial charge in [0.05, 0.1) is 18.4 Å². The van der Waals surface area contributed by atoms with Crippen LogP contribution in [0.15, 0.2) is 55.2 Å². The molecule has 5 nitrogen and oxygen atoms in total. The smallest absolute Gasteiger partial charge is 0.259 e. The SMILES string of the molecule is O=C(CNc1c(Br)cc(Br)cc1Br)N/N=C/c1ccncc1. The summed E-state index contributed by atoms with van der Waals surface area (Å²) < 4.78 is 2.63. The molecule has 2 rings (SSSR count). The van der Waals surface area contributed by atoms with Crippen LogP contribution in [-0.2, 0) is 4.79 Å². The van der Waals surface area contributed by atoms with Crippen LogP contribution in [0.3, 0.4) is 0 Å². The number of benzene rings is 1. The molecule has 22 heavy (non-hydrogen) atoms. The lowest BCUT2D eigenvalue weighted by molar-refractivity contribution is -0.119. The molecule has 0 aliphatic carbocycles. The molecule has 114 valence electrons. The van der Waals surface area contributed by atoms with Crippen LogP contribution in [0.25, 0.3) is 0 Å². The van der Waals surface area contributed by atoms with Gasteiger partial charge in [0.1, 0.15) is 0 Å². The van der Waals surface area contributed by atoms with Crippen molar-refractivity contribution in [3.8, 4) is 0 Å². The van der Waals surface area contributed by atoms with Gasteiger partial charge in [-0.3, -0.25) is 9.78 Å². The molecule has 0 fully saturated rings. The van der Waals surface area contributed by atoms with Crippen molar-refractivity contribution in [3.63, 3.8) is 0 Å². The van der Waals surface area contributed by atoms with Crippen molar-refractivity contribution in [2.45, 2.75) is 0 Å². The molecule has 0 unspecified atom stereocenters. The summed E-state index contributed by atoms with van der Waals surface area (Å²) in [6, 6.07) is 7.38. The molecule has 0 bridgehead atoms. The van der Waals surface area contributed by atoms with Gasteiger partial charge in [0.2, 0.25) is 0 Å². The van der Waals surface area contributed by atoms with Gasteiger partial charge >= 0.3 is 0 Å². The second-order valence-electron chi connectivity index (χ2n) is 4.17. The number of nitrogens with one attached hydrogen (secondary N) is 2. The Morgan fingerprint density at radius 3 is 2.45 bits per heavy atom. The molecule has 0 aliphatic rings. The second-order valence-corrected chi connectivity index (χ2v) is 6.80. The van der Waals surface area contributed by atoms with Crippen LogP contribution in [-0.4, -0.2) is 23.7 Å². The first-order valence-electron chi connectivity index (χ1n) is 6.16. The largest absolute Gasteiger partial charge is 0.374 e. The number of nitrogens with zero attached hydrogens (tertiary/aromatic N) is 2. The Hall–Kier alpha value is -1.25. The molecule has 0 aliphatic heterocycles. The molecule has 1 aromatic heterocycles. The number of carbonyl (C=O) groups excluding carboxylic acids is 1. The fourth-order valence-corrected chi connectivity index (χ4v) is 4.09. The Kier molecular flexibility index (Phi) is 6.53. The highest BCUT2D eigenvalue weighted by Crippen LogP contribution is 2.34. The third-order valence-electron chi connectivity index (χ3n) is 2.54. The van der Waals surface area contributed by atoms with E-state index in [-0.39, 0.29) is 12.5 Å². The molecule has 0 atom stereocenters. The highest BCUT2D eigenvalue weighted by atomic mass is 79.9. The molecule has 0 radical (unpaired) electrons. The second kappa shape index (κ2) is 8.40. The van der Waals surface area contributed by atoms with E-state index in [2.05, 4.69) is 68.6 Å². The van der Waals surface area contributed by atoms with Gasteiger partial charge in [-0.25, -0.2) is 5.43 Å². The number of hydrogen-bond donors (Lipinski definition) is 2. The number of hydrazone groups is 1. The van der Waals surface area contributed by atoms with Crippen LogP contribution < -0.4 is 10.7 Å². The van der Waals surface area contributed by atoms with Crippen molar-refractivity contribution in [2.75, 3.05) is 11.9 Å². The third-order valence-corrected chi connectivity index (χ3v) is 4.25. The molecule has 1 aromatic carbocycles. The number of halogens is 3. The molecule has 0 saturated heterocycles. The zero-order valence-corrected chi connectivity index (χ0v) is 15.9. The minimum Gasteiger partial charge on any atom is -0.374 e. The summed E-state index contributed by atoms with van der Waals surface area (Å²) in [5.74, 6) is -0.243. The van der Waals surface area contributed by atoms with E-state index in [0.717, 1.165) is 24.7 Å². The topological polar surface area (TPSA) is 66.4 Å². The van der Waals surface area contributed by atoms with Crippen molar-refractivity contribution in [2.24, 2.45) is 5.10 Å². The maximum absolute atomic E-state index is 11.8. The molecule has 0 spiro atoms. The van der Waals surface area contributed by atoms with Crippen molar-refractivity contribution < 1.29 is 4.79 Å². The fraction of sp³-hybridized carbons (Fsp3) is 0.0714. The average Bonchev–Trinajstić information content (AvgIpc) is 2.47. The molecular weight excluding hydrogens is 480 g/mol. The molecule has 1 amide bonds. The monoisotopic (exact) mass is 488 g/mol. The summed E-state index contributed by atoms with van der Waals surface area (Å²) in [7, 11) is 0. The summed E-state index contributed by atoms with van der Waals surface area (Å²) in [5.41, 5.74) is 4.12. The lowest BCUT2D eigenvalue weighted by Crippen LogP contribution is -2.26. The van der Waals surface area contributed by atoms with E-state index in [0.29, 0.717) is 0 Å². The molecule has 0 saturated carbocycles. The van der Waals surface area contributed by atoms with Gasteiger partial charge in [-0.15, -0.1) is 0 Å². The molecule has 1 heterocycles. The third kappa shape index (κ3) is 5.19. The number of amides is 1. The lowest BCUT2D eigenvalue weighted by Gasteiger charge is -2.10. The summed E-state index contributed by atoms with van der Waals surface area (Å²) in [6.07, 6.45) is 4.88. The van der Waals surface area contributed by atoms with Gasteiger partial charge in [-0.2, -0.15) is 5.10 Å². The number of hydrogen-bond acceptors (Lipinski definition) is 4. The van der Waals surface area contributed by atoms with E-state index in [1.165, 1.54) is 0 Å². The quantitative estimate of drug-likeness (QED) is 0.493. The first kappa shape index (κ1) is 17.1. The minimum absolute atomic E-state index is 0.104. The van der Waals surface area contributed by atoms with Gasteiger partial charge in [0, 0.05) is 25.8 Å². The summed E-state index contributed by atoms with van der Waals surface area (Å²) >= 11 is 10.3. The fourth-order valence-electron chi connectivity index (χ4n) is 1.55. The number of aromatic nitrogens is 1. The van der Waals surface area contributed by atoms with E-state index in [1.807, 2.05) is 12.1 Å². The maximum atomic E-state index is 11.8. The van der Waals surface area contributed by atoms with Crippen LogP contribution in [0, 0.1) is 0 Å². The summed E-state index contributed by atoms with van der Waals surface area (Å²) in [5, 5.41) is 6.94. The van der Waals surface area contributed by atoms with Gasteiger partial charge in [-0.05, 0) is 61.7 Å². The molecular formula is C14H11Br3N4O. The zero-order valence-electron chi connectivity index (χ0n) is 11.2. The Bertz CT molecular complexity index is 669. The lowest BCUT2D eigenvalue weighted by atomic mass is 10.3. The van der Waals surface area contributed by atoms with Crippen molar-refractivity contribution in [3.05, 3.63) is 55.6 Å². The maximum Gasteiger partial charge on any atom is 0.259 e. The van der Waals surface area contributed by atoms with Gasteiger partial charge < -0.3 is 5.32 Å². The highest BCUT2D eigenvalue weighted by Gasteiger charge is 2.08. The first-order chi connectivity index (χ1) is 10.6. The summed E-state index contributed by atoms with van der Waals surface area (Å²) in [4.78, 5) is 15.7. The first-order valence-corrected chi connectivity index (χ1v) is 8.54. The van der Waals surface area contributed by atoms with E-state index in [4.69, 9.17) is 0 Å². The van der Waals surface area contributed by atoms with Crippen LogP contribution in [0.5, 0.6) is 0 Å². The van der Waals surface area contributed by atoms with E-state index in [9.17, 15) is 4.79 Å². The van der Waals surface area contributed by atoms with Gasteiger partial charge in [-0.1, -0.05) is 15.9 Å². The van der Waals surface area contributed by atoms with Crippen molar-refractivity contribution in [1.82, 2.24) is 10.4 Å². The van der Waals surface area contributed by atoms with Crippen molar-refractivity contribution >= 4 is 65.6 Å². The Balaban J connectivity index is 1.87. The Morgan fingerprint density at radius 1 is 1.18 bits per heavy atom. The summed E-state index contributed by atoms with van der Waals surface area (Å²) in [6.45, 7) is 0.104. The standard InChI is InChI=1S/C14H11Br3N4O/c15-10-5-11(16)14(12(17)6-10)19-8-13(22)21-20-7-9-1-3-18-4-2-9/h1-7,19H,8H2,(H,21,22)/b20-7+. The molecule has 2 aromatic rings. The van der Waals surface area contributed by atoms with E-state index in [1.54, 1.807) is 30.7 Å². The molecule has 8 heteroatoms. The predicted octanol–water partition coefficient (Wildman–Crippen LogP) is 3.93. The minimum atomic E-state index is -0.243. The van der Waals surface area contributed by atoms with Gasteiger partial charge in [0.25, 0.3) is 5.91 Å². The van der Waals surface area contributed by atoms with E-state index >= 15 is 0 Å². The van der Waals surface area contributed by atoms with Crippen LogP contribution in [0.2, 0.25) is 0 Å². The van der Waals surface area contributed by atoms with Crippen LogP contribution >= 0.6 is 47.8 Å². The number of rotatable bonds is 5. The van der Waals surface area contributed by atoms with Crippen molar-refractivity contribution in [1.29, 1.82) is 0 Å². The zero-order chi connectivity index (χ0) is 15.9. The predicted molar refractivity (Wildman–Crippen MR) is 98.0 cm³/mol. The molecule has 2 N–H and O–H groups in total. The van der Waals surface area contributed by atoms with Crippen LogP contribution in [0.1, 0.15) is 5.56 Å². The Morgan fingerprint density at radius 2 is 1.82 bits per heavy atom.